The molecule has 0 radical (unpaired) electrons. The van der Waals surface area contributed by atoms with Gasteiger partial charge in [-0.3, -0.25) is 4.79 Å². The van der Waals surface area contributed by atoms with Gasteiger partial charge >= 0.3 is 16.3 Å². The van der Waals surface area contributed by atoms with Crippen molar-refractivity contribution in [2.24, 2.45) is 5.41 Å². The van der Waals surface area contributed by atoms with E-state index in [9.17, 15) is 23.4 Å². The quantitative estimate of drug-likeness (QED) is 0.200. The number of hydrogen-bond donors (Lipinski definition) is 2. The van der Waals surface area contributed by atoms with Crippen LogP contribution >= 0.6 is 0 Å². The first kappa shape index (κ1) is 34.8. The molecule has 1 saturated heterocycles. The fourth-order valence-electron chi connectivity index (χ4n) is 7.31. The van der Waals surface area contributed by atoms with E-state index in [0.717, 1.165) is 51.7 Å². The number of phenolic OH excluding ortho intramolecular Hbond substituents is 1. The summed E-state index contributed by atoms with van der Waals surface area (Å²) in [5.74, 6) is -0.543. The van der Waals surface area contributed by atoms with Gasteiger partial charge in [0.2, 0.25) is 0 Å². The summed E-state index contributed by atoms with van der Waals surface area (Å²) in [5, 5.41) is 29.0. The smallest absolute Gasteiger partial charge is 0.386 e. The van der Waals surface area contributed by atoms with Crippen LogP contribution in [0.2, 0.25) is 0 Å². The van der Waals surface area contributed by atoms with Crippen LogP contribution in [0.3, 0.4) is 0 Å². The molecule has 0 bridgehead atoms. The lowest BCUT2D eigenvalue weighted by atomic mass is 9.77. The molecule has 49 heavy (non-hydrogen) atoms. The Labute approximate surface area is 286 Å². The number of carbonyl (C=O) groups is 1. The van der Waals surface area contributed by atoms with Crippen LogP contribution in [0.15, 0.2) is 48.5 Å². The largest absolute Gasteiger partial charge is 0.508 e. The van der Waals surface area contributed by atoms with E-state index >= 15 is 0 Å². The molecule has 3 aromatic carbocycles. The monoisotopic (exact) mass is 692 g/mol. The first-order valence-electron chi connectivity index (χ1n) is 16.8. The Morgan fingerprint density at radius 2 is 1.86 bits per heavy atom. The normalized spacial score (nSPS) is 18.4. The van der Waals surface area contributed by atoms with Gasteiger partial charge < -0.3 is 23.9 Å². The maximum absolute atomic E-state index is 13.3. The van der Waals surface area contributed by atoms with E-state index in [2.05, 4.69) is 10.3 Å². The summed E-state index contributed by atoms with van der Waals surface area (Å²) in [7, 11) is -4.13. The van der Waals surface area contributed by atoms with Crippen LogP contribution in [0.5, 0.6) is 11.5 Å². The minimum Gasteiger partial charge on any atom is -0.508 e. The molecule has 2 aliphatic rings. The molecule has 0 saturated carbocycles. The number of aliphatic hydroxyl groups excluding tert-OH is 1. The number of hydrogen-bond acceptors (Lipinski definition) is 10. The number of ether oxygens (including phenoxy) is 2. The minimum absolute atomic E-state index is 0.0230. The third kappa shape index (κ3) is 7.03. The molecule has 0 spiro atoms. The van der Waals surface area contributed by atoms with Crippen LogP contribution in [-0.4, -0.2) is 70.3 Å². The number of nitrogens with zero attached hydrogens (tertiary/aromatic N) is 4. The maximum Gasteiger partial charge on any atom is 0.386 e. The molecule has 0 aliphatic carbocycles. The number of aromatic nitrogens is 3. The molecule has 1 fully saturated rings. The number of carbonyl (C=O) groups excluding carboxylic acids is 1. The second kappa shape index (κ2) is 14.1. The van der Waals surface area contributed by atoms with Crippen molar-refractivity contribution < 1.29 is 37.1 Å². The van der Waals surface area contributed by atoms with Gasteiger partial charge in [0.15, 0.2) is 0 Å². The van der Waals surface area contributed by atoms with Crippen molar-refractivity contribution >= 4 is 27.3 Å². The second-order valence-electron chi connectivity index (χ2n) is 13.2. The Balaban J connectivity index is 1.37. The van der Waals surface area contributed by atoms with E-state index in [1.807, 2.05) is 48.9 Å². The predicted molar refractivity (Wildman–Crippen MR) is 182 cm³/mol. The van der Waals surface area contributed by atoms with E-state index < -0.39 is 22.3 Å². The Morgan fingerprint density at radius 3 is 2.59 bits per heavy atom. The fraction of sp³-hybridized carbons (Fsp3) is 0.472. The molecule has 12 nitrogen and oxygen atoms in total. The van der Waals surface area contributed by atoms with Crippen LogP contribution in [0.4, 0.5) is 0 Å². The standard InChI is InChI=1S/C36H44N4O8S/c1-5-47-34(43)20-31(29-9-10-32-35(24(29)3)37-38-39(32)22-36(12-15-41)13-16-46-17-14-36)26-7-6-23(2)30(19-26)25(4)40-21-27-18-28(42)8-11-33(27)48-49(40,44)45/h6-11,18-19,25,31,41-42H,5,12-17,20-22H2,1-4H3/t25-,31?/m1/s1. The summed E-state index contributed by atoms with van der Waals surface area (Å²) in [4.78, 5) is 13.1. The molecule has 0 amide bonds. The lowest BCUT2D eigenvalue weighted by Gasteiger charge is -2.36. The highest BCUT2D eigenvalue weighted by atomic mass is 32.2. The molecule has 2 atom stereocenters. The number of fused-ring (bicyclic) bond motifs is 2. The minimum atomic E-state index is -4.13. The molecular weight excluding hydrogens is 648 g/mol. The van der Waals surface area contributed by atoms with Crippen molar-refractivity contribution in [3.8, 4) is 11.5 Å². The number of aromatic hydroxyl groups is 1. The highest BCUT2D eigenvalue weighted by Crippen LogP contribution is 2.41. The van der Waals surface area contributed by atoms with Gasteiger partial charge in [0.25, 0.3) is 0 Å². The summed E-state index contributed by atoms with van der Waals surface area (Å²) in [6.45, 7) is 9.76. The Hall–Kier alpha value is -4.04. The molecule has 1 unspecified atom stereocenters. The number of aliphatic hydroxyl groups is 1. The van der Waals surface area contributed by atoms with E-state index in [-0.39, 0.29) is 49.1 Å². The third-order valence-corrected chi connectivity index (χ3v) is 11.6. The van der Waals surface area contributed by atoms with Crippen LogP contribution in [0.25, 0.3) is 11.0 Å². The van der Waals surface area contributed by atoms with Crippen LogP contribution in [-0.2, 0) is 37.7 Å². The first-order valence-corrected chi connectivity index (χ1v) is 18.1. The van der Waals surface area contributed by atoms with E-state index in [1.165, 1.54) is 22.5 Å². The summed E-state index contributed by atoms with van der Waals surface area (Å²) in [6, 6.07) is 13.6. The molecule has 4 aromatic rings. The van der Waals surface area contributed by atoms with Gasteiger partial charge in [0.05, 0.1) is 24.6 Å². The van der Waals surface area contributed by atoms with Gasteiger partial charge in [0, 0.05) is 44.4 Å². The average Bonchev–Trinajstić information content (AvgIpc) is 3.47. The van der Waals surface area contributed by atoms with Crippen molar-refractivity contribution in [1.82, 2.24) is 19.3 Å². The molecule has 3 heterocycles. The SMILES string of the molecule is CCOC(=O)CC(c1ccc(C)c([C@@H](C)N2Cc3cc(O)ccc3OS2(=O)=O)c1)c1ccc2c(nnn2CC2(CCO)CCOCC2)c1C. The number of benzene rings is 3. The molecule has 6 rings (SSSR count). The van der Waals surface area contributed by atoms with Crippen molar-refractivity contribution in [3.05, 3.63) is 81.9 Å². The highest BCUT2D eigenvalue weighted by Gasteiger charge is 2.37. The molecule has 2 aliphatic heterocycles. The van der Waals surface area contributed by atoms with Gasteiger partial charge in [-0.15, -0.1) is 5.10 Å². The van der Waals surface area contributed by atoms with Gasteiger partial charge in [-0.25, -0.2) is 4.68 Å². The molecule has 2 N–H and O–H groups in total. The first-order chi connectivity index (χ1) is 23.4. The Morgan fingerprint density at radius 1 is 1.08 bits per heavy atom. The summed E-state index contributed by atoms with van der Waals surface area (Å²) >= 11 is 0. The third-order valence-electron chi connectivity index (χ3n) is 10.2. The molecular formula is C36H44N4O8S. The van der Waals surface area contributed by atoms with Gasteiger partial charge in [-0.05, 0) is 104 Å². The molecule has 262 valence electrons. The van der Waals surface area contributed by atoms with E-state index in [1.54, 1.807) is 13.8 Å². The lowest BCUT2D eigenvalue weighted by molar-refractivity contribution is -0.143. The Kier molecular flexibility index (Phi) is 9.99. The molecule has 13 heteroatoms. The van der Waals surface area contributed by atoms with Crippen molar-refractivity contribution in [2.45, 2.75) is 78.4 Å². The number of esters is 1. The second-order valence-corrected chi connectivity index (χ2v) is 14.7. The van der Waals surface area contributed by atoms with Crippen LogP contribution in [0, 0.1) is 19.3 Å². The van der Waals surface area contributed by atoms with E-state index in [4.69, 9.17) is 13.7 Å². The number of rotatable bonds is 11. The van der Waals surface area contributed by atoms with Gasteiger partial charge in [0.1, 0.15) is 17.0 Å². The summed E-state index contributed by atoms with van der Waals surface area (Å²) in [5.41, 5.74) is 6.29. The maximum atomic E-state index is 13.3. The van der Waals surface area contributed by atoms with Crippen LogP contribution in [0.1, 0.15) is 84.9 Å². The zero-order valence-electron chi connectivity index (χ0n) is 28.4. The summed E-state index contributed by atoms with van der Waals surface area (Å²) < 4.78 is 46.2. The van der Waals surface area contributed by atoms with E-state index in [0.29, 0.717) is 31.7 Å². The van der Waals surface area contributed by atoms with Crippen molar-refractivity contribution in [1.29, 1.82) is 0 Å². The van der Waals surface area contributed by atoms with Gasteiger partial charge in [-0.1, -0.05) is 29.5 Å². The average molecular weight is 693 g/mol. The van der Waals surface area contributed by atoms with Crippen molar-refractivity contribution in [2.75, 3.05) is 26.4 Å². The Bertz CT molecular complexity index is 1950. The fourth-order valence-corrected chi connectivity index (χ4v) is 8.59. The number of phenols is 1. The highest BCUT2D eigenvalue weighted by molar-refractivity contribution is 7.84. The predicted octanol–water partition coefficient (Wildman–Crippen LogP) is 5.22. The topological polar surface area (TPSA) is 153 Å². The lowest BCUT2D eigenvalue weighted by Crippen LogP contribution is -2.39. The van der Waals surface area contributed by atoms with Crippen molar-refractivity contribution in [3.63, 3.8) is 0 Å². The number of aryl methyl sites for hydroxylation is 2. The van der Waals surface area contributed by atoms with Crippen LogP contribution < -0.4 is 4.18 Å². The zero-order chi connectivity index (χ0) is 34.9. The van der Waals surface area contributed by atoms with Gasteiger partial charge in [-0.2, -0.15) is 12.7 Å². The summed E-state index contributed by atoms with van der Waals surface area (Å²) in [6.07, 6.45) is 2.40. The zero-order valence-corrected chi connectivity index (χ0v) is 29.2. The molecule has 1 aromatic heterocycles.